The molecule has 0 amide bonds. The van der Waals surface area contributed by atoms with E-state index in [1.54, 1.807) is 6.20 Å². The molecule has 1 aromatic carbocycles. The lowest BCUT2D eigenvalue weighted by Crippen LogP contribution is -2.26. The van der Waals surface area contributed by atoms with Gasteiger partial charge in [-0.1, -0.05) is 36.4 Å². The summed E-state index contributed by atoms with van der Waals surface area (Å²) >= 11 is 0. The van der Waals surface area contributed by atoms with Crippen LogP contribution in [0, 0.1) is 0 Å². The van der Waals surface area contributed by atoms with Gasteiger partial charge in [0.1, 0.15) is 11.6 Å². The molecule has 0 fully saturated rings. The number of aromatic amines is 1. The maximum absolute atomic E-state index is 4.41. The molecule has 0 saturated carbocycles. The third-order valence-electron chi connectivity index (χ3n) is 4.01. The number of rotatable bonds is 6. The Morgan fingerprint density at radius 3 is 2.75 bits per heavy atom. The Labute approximate surface area is 139 Å². The van der Waals surface area contributed by atoms with Crippen LogP contribution in [0.1, 0.15) is 23.3 Å². The molecule has 0 radical (unpaired) electrons. The second-order valence-corrected chi connectivity index (χ2v) is 5.57. The first-order valence-electron chi connectivity index (χ1n) is 7.98. The summed E-state index contributed by atoms with van der Waals surface area (Å²) in [5, 5.41) is 12.0. The molecule has 0 saturated heterocycles. The van der Waals surface area contributed by atoms with Gasteiger partial charge in [-0.3, -0.25) is 4.40 Å². The standard InChI is InChI=1S/C18H18N6/c1-2-6-14(7-3-1)17(18-20-11-12-21-18)19-10-9-16-23-22-15-8-4-5-13-24(15)16/h1-8,11-13,17,19H,9-10H2,(H,20,21)/t17-/m0/s1. The quantitative estimate of drug-likeness (QED) is 0.572. The number of nitrogens with zero attached hydrogens (tertiary/aromatic N) is 4. The van der Waals surface area contributed by atoms with Crippen molar-refractivity contribution in [3.8, 4) is 0 Å². The van der Waals surface area contributed by atoms with Crippen LogP contribution in [0.5, 0.6) is 0 Å². The fraction of sp³-hybridized carbons (Fsp3) is 0.167. The van der Waals surface area contributed by atoms with Crippen LogP contribution >= 0.6 is 0 Å². The Balaban J connectivity index is 1.50. The predicted octanol–water partition coefficient (Wildman–Crippen LogP) is 2.37. The first kappa shape index (κ1) is 14.6. The van der Waals surface area contributed by atoms with Crippen LogP contribution in [0.3, 0.4) is 0 Å². The van der Waals surface area contributed by atoms with Gasteiger partial charge in [0, 0.05) is 31.6 Å². The molecule has 0 aliphatic rings. The van der Waals surface area contributed by atoms with Crippen molar-refractivity contribution in [3.63, 3.8) is 0 Å². The molecule has 0 spiro atoms. The Hall–Kier alpha value is -2.99. The highest BCUT2D eigenvalue weighted by atomic mass is 15.2. The Bertz CT molecular complexity index is 898. The van der Waals surface area contributed by atoms with E-state index in [0.29, 0.717) is 0 Å². The number of fused-ring (bicyclic) bond motifs is 1. The first-order chi connectivity index (χ1) is 11.9. The summed E-state index contributed by atoms with van der Waals surface area (Å²) in [6.07, 6.45) is 6.40. The van der Waals surface area contributed by atoms with Crippen LogP contribution in [0.25, 0.3) is 5.65 Å². The average molecular weight is 318 g/mol. The number of benzene rings is 1. The Kier molecular flexibility index (Phi) is 4.04. The molecule has 3 aromatic heterocycles. The van der Waals surface area contributed by atoms with Crippen molar-refractivity contribution < 1.29 is 0 Å². The highest BCUT2D eigenvalue weighted by molar-refractivity contribution is 5.37. The summed E-state index contributed by atoms with van der Waals surface area (Å²) < 4.78 is 2.02. The summed E-state index contributed by atoms with van der Waals surface area (Å²) in [7, 11) is 0. The van der Waals surface area contributed by atoms with Crippen molar-refractivity contribution in [2.75, 3.05) is 6.54 Å². The second kappa shape index (κ2) is 6.64. The van der Waals surface area contributed by atoms with Crippen LogP contribution in [-0.2, 0) is 6.42 Å². The van der Waals surface area contributed by atoms with Crippen molar-refractivity contribution >= 4 is 5.65 Å². The minimum absolute atomic E-state index is 0.0281. The van der Waals surface area contributed by atoms with Gasteiger partial charge < -0.3 is 10.3 Å². The second-order valence-electron chi connectivity index (χ2n) is 5.57. The molecule has 6 heteroatoms. The van der Waals surface area contributed by atoms with Gasteiger partial charge in [0.15, 0.2) is 5.65 Å². The summed E-state index contributed by atoms with van der Waals surface area (Å²) in [5.74, 6) is 1.86. The van der Waals surface area contributed by atoms with Gasteiger partial charge in [-0.15, -0.1) is 10.2 Å². The maximum atomic E-state index is 4.41. The van der Waals surface area contributed by atoms with Crippen molar-refractivity contribution in [2.24, 2.45) is 0 Å². The average Bonchev–Trinajstić information content (AvgIpc) is 3.30. The third kappa shape index (κ3) is 2.91. The minimum Gasteiger partial charge on any atom is -0.347 e. The molecular formula is C18H18N6. The van der Waals surface area contributed by atoms with E-state index in [1.807, 2.05) is 53.2 Å². The molecule has 6 nitrogen and oxygen atoms in total. The Morgan fingerprint density at radius 2 is 1.92 bits per heavy atom. The smallest absolute Gasteiger partial charge is 0.160 e. The SMILES string of the molecule is c1ccc([C@H](NCCc2nnc3ccccn23)c2ncc[nH]2)cc1. The van der Waals surface area contributed by atoms with Crippen LogP contribution < -0.4 is 5.32 Å². The normalized spacial score (nSPS) is 12.5. The largest absolute Gasteiger partial charge is 0.347 e. The summed E-state index contributed by atoms with van der Waals surface area (Å²) in [4.78, 5) is 7.61. The van der Waals surface area contributed by atoms with Crippen molar-refractivity contribution in [3.05, 3.63) is 84.3 Å². The monoisotopic (exact) mass is 318 g/mol. The van der Waals surface area contributed by atoms with Crippen LogP contribution in [-0.4, -0.2) is 31.1 Å². The zero-order valence-electron chi connectivity index (χ0n) is 13.1. The van der Waals surface area contributed by atoms with Crippen molar-refractivity contribution in [1.29, 1.82) is 0 Å². The van der Waals surface area contributed by atoms with E-state index in [1.165, 1.54) is 5.56 Å². The van der Waals surface area contributed by atoms with Gasteiger partial charge in [-0.25, -0.2) is 4.98 Å². The van der Waals surface area contributed by atoms with E-state index in [4.69, 9.17) is 0 Å². The van der Waals surface area contributed by atoms with E-state index >= 15 is 0 Å². The topological polar surface area (TPSA) is 70.9 Å². The fourth-order valence-electron chi connectivity index (χ4n) is 2.84. The van der Waals surface area contributed by atoms with Gasteiger partial charge in [0.2, 0.25) is 0 Å². The van der Waals surface area contributed by atoms with Gasteiger partial charge >= 0.3 is 0 Å². The fourth-order valence-corrected chi connectivity index (χ4v) is 2.84. The highest BCUT2D eigenvalue weighted by Gasteiger charge is 2.16. The van der Waals surface area contributed by atoms with Gasteiger partial charge in [0.25, 0.3) is 0 Å². The lowest BCUT2D eigenvalue weighted by molar-refractivity contribution is 0.574. The van der Waals surface area contributed by atoms with E-state index in [-0.39, 0.29) is 6.04 Å². The lowest BCUT2D eigenvalue weighted by atomic mass is 10.1. The minimum atomic E-state index is 0.0281. The van der Waals surface area contributed by atoms with E-state index < -0.39 is 0 Å². The highest BCUT2D eigenvalue weighted by Crippen LogP contribution is 2.18. The molecular weight excluding hydrogens is 300 g/mol. The molecule has 0 aliphatic heterocycles. The molecule has 0 bridgehead atoms. The molecule has 120 valence electrons. The molecule has 4 rings (SSSR count). The van der Waals surface area contributed by atoms with Crippen molar-refractivity contribution in [1.82, 2.24) is 29.9 Å². The summed E-state index contributed by atoms with van der Waals surface area (Å²) in [6.45, 7) is 0.774. The maximum Gasteiger partial charge on any atom is 0.160 e. The van der Waals surface area contributed by atoms with Gasteiger partial charge in [0.05, 0.1) is 6.04 Å². The number of H-pyrrole nitrogens is 1. The predicted molar refractivity (Wildman–Crippen MR) is 91.6 cm³/mol. The molecule has 0 unspecified atom stereocenters. The molecule has 1 atom stereocenters. The molecule has 24 heavy (non-hydrogen) atoms. The first-order valence-corrected chi connectivity index (χ1v) is 7.98. The molecule has 3 heterocycles. The molecule has 4 aromatic rings. The summed E-state index contributed by atoms with van der Waals surface area (Å²) in [5.41, 5.74) is 2.05. The zero-order valence-corrected chi connectivity index (χ0v) is 13.1. The van der Waals surface area contributed by atoms with Crippen LogP contribution in [0.15, 0.2) is 67.1 Å². The van der Waals surface area contributed by atoms with Crippen molar-refractivity contribution in [2.45, 2.75) is 12.5 Å². The lowest BCUT2D eigenvalue weighted by Gasteiger charge is -2.17. The third-order valence-corrected chi connectivity index (χ3v) is 4.01. The van der Waals surface area contributed by atoms with Gasteiger partial charge in [-0.2, -0.15) is 0 Å². The van der Waals surface area contributed by atoms with Crippen LogP contribution in [0.4, 0.5) is 0 Å². The Morgan fingerprint density at radius 1 is 1.04 bits per heavy atom. The van der Waals surface area contributed by atoms with Crippen LogP contribution in [0.2, 0.25) is 0 Å². The van der Waals surface area contributed by atoms with E-state index in [2.05, 4.69) is 37.6 Å². The number of imidazole rings is 1. The number of hydrogen-bond donors (Lipinski definition) is 2. The summed E-state index contributed by atoms with van der Waals surface area (Å²) in [6, 6.07) is 16.2. The van der Waals surface area contributed by atoms with Gasteiger partial charge in [-0.05, 0) is 17.7 Å². The number of nitrogens with one attached hydrogen (secondary N) is 2. The van der Waals surface area contributed by atoms with E-state index in [9.17, 15) is 0 Å². The zero-order chi connectivity index (χ0) is 16.2. The molecule has 0 aliphatic carbocycles. The molecule has 2 N–H and O–H groups in total. The number of hydrogen-bond acceptors (Lipinski definition) is 4. The number of aromatic nitrogens is 5. The number of pyridine rings is 1. The van der Waals surface area contributed by atoms with E-state index in [0.717, 1.165) is 30.3 Å².